The molecule has 2 atom stereocenters. The predicted molar refractivity (Wildman–Crippen MR) is 120 cm³/mol. The van der Waals surface area contributed by atoms with Gasteiger partial charge in [-0.1, -0.05) is 36.7 Å². The number of primary amides is 1. The van der Waals surface area contributed by atoms with Crippen LogP contribution < -0.4 is 10.6 Å². The van der Waals surface area contributed by atoms with Crippen molar-refractivity contribution in [3.63, 3.8) is 0 Å². The second-order valence-corrected chi connectivity index (χ2v) is 8.20. The molecule has 1 aliphatic rings. The van der Waals surface area contributed by atoms with Gasteiger partial charge in [0.2, 0.25) is 5.91 Å². The van der Waals surface area contributed by atoms with E-state index in [9.17, 15) is 9.59 Å². The average molecular weight is 429 g/mol. The predicted octanol–water partition coefficient (Wildman–Crippen LogP) is 4.88. The van der Waals surface area contributed by atoms with Crippen LogP contribution in [0, 0.1) is 0 Å². The number of carbonyl (C=O) groups is 2. The molecule has 1 saturated heterocycles. The highest BCUT2D eigenvalue weighted by atomic mass is 35.5. The van der Waals surface area contributed by atoms with Crippen LogP contribution in [0.15, 0.2) is 42.5 Å². The molecule has 1 fully saturated rings. The fraction of sp³-hybridized carbons (Fsp3) is 0.417. The first-order valence-electron chi connectivity index (χ1n) is 10.5. The van der Waals surface area contributed by atoms with Gasteiger partial charge in [-0.3, -0.25) is 4.79 Å². The Morgan fingerprint density at radius 1 is 1.10 bits per heavy atom. The van der Waals surface area contributed by atoms with Gasteiger partial charge >= 0.3 is 5.97 Å². The van der Waals surface area contributed by atoms with Crippen molar-refractivity contribution in [1.29, 1.82) is 0 Å². The van der Waals surface area contributed by atoms with Crippen LogP contribution in [0.4, 0.5) is 5.69 Å². The van der Waals surface area contributed by atoms with E-state index in [0.29, 0.717) is 17.2 Å². The number of hydrogen-bond acceptors (Lipinski definition) is 4. The van der Waals surface area contributed by atoms with Crippen LogP contribution in [-0.2, 0) is 9.53 Å². The molecule has 2 aromatic rings. The van der Waals surface area contributed by atoms with Crippen LogP contribution >= 0.6 is 11.6 Å². The largest absolute Gasteiger partial charge is 0.462 e. The third-order valence-corrected chi connectivity index (χ3v) is 6.00. The molecule has 6 heteroatoms. The number of anilines is 1. The Morgan fingerprint density at radius 3 is 2.37 bits per heavy atom. The Balaban J connectivity index is 1.94. The summed E-state index contributed by atoms with van der Waals surface area (Å²) < 4.78 is 5.04. The number of ether oxygens (including phenoxy) is 1. The Bertz CT molecular complexity index is 892. The number of nitrogens with two attached hydrogens (primary N) is 1. The van der Waals surface area contributed by atoms with E-state index in [0.717, 1.165) is 42.7 Å². The molecular weight excluding hydrogens is 400 g/mol. The molecular formula is C24H29ClN2O3. The molecule has 3 rings (SSSR count). The average Bonchev–Trinajstić information content (AvgIpc) is 2.74. The van der Waals surface area contributed by atoms with Crippen molar-refractivity contribution in [1.82, 2.24) is 0 Å². The molecule has 0 aromatic heterocycles. The Kier molecular flexibility index (Phi) is 7.38. The zero-order chi connectivity index (χ0) is 21.7. The van der Waals surface area contributed by atoms with Crippen molar-refractivity contribution in [2.24, 2.45) is 5.73 Å². The smallest absolute Gasteiger partial charge is 0.338 e. The lowest BCUT2D eigenvalue weighted by molar-refractivity contribution is -0.119. The number of piperidine rings is 1. The summed E-state index contributed by atoms with van der Waals surface area (Å²) in [6, 6.07) is 12.8. The maximum Gasteiger partial charge on any atom is 0.338 e. The van der Waals surface area contributed by atoms with Gasteiger partial charge in [0.1, 0.15) is 0 Å². The molecule has 30 heavy (non-hydrogen) atoms. The number of esters is 1. The van der Waals surface area contributed by atoms with E-state index in [1.165, 1.54) is 6.42 Å². The number of carbonyl (C=O) groups excluding carboxylic acids is 2. The molecule has 0 saturated carbocycles. The second kappa shape index (κ2) is 9.98. The van der Waals surface area contributed by atoms with Gasteiger partial charge in [-0.05, 0) is 67.5 Å². The third kappa shape index (κ3) is 4.96. The first kappa shape index (κ1) is 22.2. The van der Waals surface area contributed by atoms with Crippen molar-refractivity contribution in [3.8, 4) is 0 Å². The van der Waals surface area contributed by atoms with E-state index in [2.05, 4.69) is 4.90 Å². The van der Waals surface area contributed by atoms with E-state index >= 15 is 0 Å². The van der Waals surface area contributed by atoms with Crippen molar-refractivity contribution in [2.75, 3.05) is 24.6 Å². The SMILES string of the molecule is CCOC(=O)c1ccc(C(C(N)=O)C(C)c2ccc(Cl)cc2N2CCCCC2)cc1. The quantitative estimate of drug-likeness (QED) is 0.638. The van der Waals surface area contributed by atoms with Gasteiger partial charge in [-0.25, -0.2) is 4.79 Å². The molecule has 0 bridgehead atoms. The summed E-state index contributed by atoms with van der Waals surface area (Å²) in [5.74, 6) is -1.44. The molecule has 0 radical (unpaired) electrons. The highest BCUT2D eigenvalue weighted by Gasteiger charge is 2.29. The Hall–Kier alpha value is -2.53. The fourth-order valence-electron chi connectivity index (χ4n) is 4.23. The minimum Gasteiger partial charge on any atom is -0.462 e. The lowest BCUT2D eigenvalue weighted by Gasteiger charge is -2.33. The first-order valence-corrected chi connectivity index (χ1v) is 10.9. The third-order valence-electron chi connectivity index (χ3n) is 5.77. The summed E-state index contributed by atoms with van der Waals surface area (Å²) in [4.78, 5) is 26.8. The molecule has 2 unspecified atom stereocenters. The topological polar surface area (TPSA) is 72.6 Å². The molecule has 2 aromatic carbocycles. The van der Waals surface area contributed by atoms with E-state index in [1.54, 1.807) is 31.2 Å². The van der Waals surface area contributed by atoms with Crippen molar-refractivity contribution < 1.29 is 14.3 Å². The summed E-state index contributed by atoms with van der Waals surface area (Å²) in [5.41, 5.74) is 9.20. The Morgan fingerprint density at radius 2 is 1.77 bits per heavy atom. The van der Waals surface area contributed by atoms with Crippen LogP contribution in [0.3, 0.4) is 0 Å². The number of rotatable bonds is 7. The number of amides is 1. The summed E-state index contributed by atoms with van der Waals surface area (Å²) in [7, 11) is 0. The molecule has 0 spiro atoms. The maximum atomic E-state index is 12.5. The molecule has 1 aliphatic heterocycles. The second-order valence-electron chi connectivity index (χ2n) is 7.76. The van der Waals surface area contributed by atoms with Gasteiger partial charge < -0.3 is 15.4 Å². The zero-order valence-corrected chi connectivity index (χ0v) is 18.3. The van der Waals surface area contributed by atoms with Crippen LogP contribution in [0.1, 0.15) is 66.4 Å². The summed E-state index contributed by atoms with van der Waals surface area (Å²) in [5, 5.41) is 0.681. The first-order chi connectivity index (χ1) is 14.4. The van der Waals surface area contributed by atoms with Gasteiger partial charge in [0, 0.05) is 23.8 Å². The normalized spacial score (nSPS) is 16.0. The molecule has 160 valence electrons. The molecule has 5 nitrogen and oxygen atoms in total. The van der Waals surface area contributed by atoms with Gasteiger partial charge in [0.15, 0.2) is 0 Å². The Labute approximate surface area is 183 Å². The molecule has 0 aliphatic carbocycles. The molecule has 1 amide bonds. The van der Waals surface area contributed by atoms with Crippen LogP contribution in [0.5, 0.6) is 0 Å². The van der Waals surface area contributed by atoms with Crippen LogP contribution in [0.2, 0.25) is 5.02 Å². The number of halogens is 1. The maximum absolute atomic E-state index is 12.5. The van der Waals surface area contributed by atoms with E-state index in [4.69, 9.17) is 22.1 Å². The van der Waals surface area contributed by atoms with Gasteiger partial charge in [0.05, 0.1) is 18.1 Å². The van der Waals surface area contributed by atoms with E-state index < -0.39 is 11.8 Å². The van der Waals surface area contributed by atoms with Gasteiger partial charge in [0.25, 0.3) is 0 Å². The van der Waals surface area contributed by atoms with Crippen molar-refractivity contribution in [3.05, 3.63) is 64.2 Å². The summed E-state index contributed by atoms with van der Waals surface area (Å²) in [6.07, 6.45) is 3.53. The highest BCUT2D eigenvalue weighted by molar-refractivity contribution is 6.30. The molecule has 1 heterocycles. The number of hydrogen-bond donors (Lipinski definition) is 1. The van der Waals surface area contributed by atoms with Crippen LogP contribution in [-0.4, -0.2) is 31.6 Å². The van der Waals surface area contributed by atoms with Crippen LogP contribution in [0.25, 0.3) is 0 Å². The fourth-order valence-corrected chi connectivity index (χ4v) is 4.40. The highest BCUT2D eigenvalue weighted by Crippen LogP contribution is 2.39. The van der Waals surface area contributed by atoms with Gasteiger partial charge in [-0.2, -0.15) is 0 Å². The number of nitrogens with zero attached hydrogens (tertiary/aromatic N) is 1. The van der Waals surface area contributed by atoms with Gasteiger partial charge in [-0.15, -0.1) is 0 Å². The lowest BCUT2D eigenvalue weighted by Crippen LogP contribution is -2.32. The van der Waals surface area contributed by atoms with Crippen molar-refractivity contribution in [2.45, 2.75) is 44.9 Å². The minimum absolute atomic E-state index is 0.148. The summed E-state index contributed by atoms with van der Waals surface area (Å²) in [6.45, 7) is 6.07. The molecule has 2 N–H and O–H groups in total. The monoisotopic (exact) mass is 428 g/mol. The lowest BCUT2D eigenvalue weighted by atomic mass is 9.81. The standard InChI is InChI=1S/C24H29ClN2O3/c1-3-30-24(29)18-9-7-17(8-10-18)22(23(26)28)16(2)20-12-11-19(25)15-21(20)27-13-5-4-6-14-27/h7-12,15-16,22H,3-6,13-14H2,1-2H3,(H2,26,28). The van der Waals surface area contributed by atoms with E-state index in [-0.39, 0.29) is 11.9 Å². The number of benzene rings is 2. The zero-order valence-electron chi connectivity index (χ0n) is 17.6. The van der Waals surface area contributed by atoms with Crippen molar-refractivity contribution >= 4 is 29.2 Å². The minimum atomic E-state index is -0.522. The summed E-state index contributed by atoms with van der Waals surface area (Å²) >= 11 is 6.31. The van der Waals surface area contributed by atoms with E-state index in [1.807, 2.05) is 25.1 Å².